The number of hydrogen-bond acceptors (Lipinski definition) is 5. The number of aromatic nitrogens is 1. The van der Waals surface area contributed by atoms with Crippen molar-refractivity contribution in [3.63, 3.8) is 0 Å². The molecular formula is C14H16ClN3O4S2. The number of primary sulfonamides is 1. The summed E-state index contributed by atoms with van der Waals surface area (Å²) in [5, 5.41) is 5.24. The average Bonchev–Trinajstić information content (AvgIpc) is 2.52. The Hall–Kier alpha value is -1.52. The molecule has 3 N–H and O–H groups in total. The highest BCUT2D eigenvalue weighted by Gasteiger charge is 2.13. The number of benzene rings is 1. The zero-order valence-corrected chi connectivity index (χ0v) is 14.9. The van der Waals surface area contributed by atoms with Crippen LogP contribution in [-0.2, 0) is 26.5 Å². The number of nitrogens with two attached hydrogens (primary N) is 1. The number of rotatable bonds is 7. The summed E-state index contributed by atoms with van der Waals surface area (Å²) in [5.74, 6) is 0. The molecule has 0 radical (unpaired) electrons. The molecule has 10 heteroatoms. The molecule has 0 spiro atoms. The molecule has 0 saturated heterocycles. The minimum Gasteiger partial charge on any atom is -0.243 e. The fourth-order valence-corrected chi connectivity index (χ4v) is 3.60. The summed E-state index contributed by atoms with van der Waals surface area (Å²) in [6, 6.07) is 8.93. The van der Waals surface area contributed by atoms with E-state index >= 15 is 0 Å². The van der Waals surface area contributed by atoms with Gasteiger partial charge in [0.15, 0.2) is 0 Å². The Morgan fingerprint density at radius 3 is 2.17 bits per heavy atom. The Morgan fingerprint density at radius 1 is 1.00 bits per heavy atom. The minimum absolute atomic E-state index is 0.0437. The molecule has 0 aliphatic rings. The van der Waals surface area contributed by atoms with Crippen LogP contribution in [0.2, 0.25) is 5.15 Å². The summed E-state index contributed by atoms with van der Waals surface area (Å²) < 4.78 is 48.9. The van der Waals surface area contributed by atoms with E-state index in [0.717, 1.165) is 5.56 Å². The first-order valence-electron chi connectivity index (χ1n) is 6.91. The summed E-state index contributed by atoms with van der Waals surface area (Å²) in [4.78, 5) is 3.83. The zero-order chi connectivity index (χ0) is 17.8. The molecular weight excluding hydrogens is 374 g/mol. The van der Waals surface area contributed by atoms with E-state index in [2.05, 4.69) is 9.71 Å². The second-order valence-corrected chi connectivity index (χ2v) is 8.72. The Kier molecular flexibility index (Phi) is 5.94. The van der Waals surface area contributed by atoms with E-state index in [1.54, 1.807) is 12.1 Å². The third-order valence-corrected chi connectivity index (χ3v) is 5.80. The Bertz CT molecular complexity index is 896. The lowest BCUT2D eigenvalue weighted by atomic mass is 10.1. The maximum Gasteiger partial charge on any atom is 0.242 e. The molecule has 24 heavy (non-hydrogen) atoms. The van der Waals surface area contributed by atoms with Gasteiger partial charge in [-0.05, 0) is 42.7 Å². The number of nitrogens with zero attached hydrogens (tertiary/aromatic N) is 1. The maximum absolute atomic E-state index is 12.0. The smallest absolute Gasteiger partial charge is 0.242 e. The van der Waals surface area contributed by atoms with Crippen LogP contribution in [0.25, 0.3) is 0 Å². The van der Waals surface area contributed by atoms with Crippen LogP contribution in [0.1, 0.15) is 12.0 Å². The second-order valence-electron chi connectivity index (χ2n) is 5.01. The molecule has 2 aromatic rings. The highest BCUT2D eigenvalue weighted by molar-refractivity contribution is 7.89. The van der Waals surface area contributed by atoms with Crippen LogP contribution in [0.15, 0.2) is 52.4 Å². The van der Waals surface area contributed by atoms with Crippen LogP contribution < -0.4 is 9.86 Å². The Balaban J connectivity index is 1.87. The molecule has 0 amide bonds. The number of pyridine rings is 1. The van der Waals surface area contributed by atoms with Crippen LogP contribution >= 0.6 is 11.6 Å². The fraction of sp³-hybridized carbons (Fsp3) is 0.214. The molecule has 0 fully saturated rings. The number of nitrogens with one attached hydrogen (secondary N) is 1. The molecule has 1 aromatic carbocycles. The van der Waals surface area contributed by atoms with Crippen molar-refractivity contribution in [2.45, 2.75) is 22.6 Å². The summed E-state index contributed by atoms with van der Waals surface area (Å²) in [6.07, 6.45) is 2.33. The lowest BCUT2D eigenvalue weighted by Crippen LogP contribution is -2.25. The lowest BCUT2D eigenvalue weighted by molar-refractivity contribution is 0.578. The molecule has 0 saturated carbocycles. The fourth-order valence-electron chi connectivity index (χ4n) is 1.95. The maximum atomic E-state index is 12.0. The van der Waals surface area contributed by atoms with Gasteiger partial charge >= 0.3 is 0 Å². The molecule has 0 unspecified atom stereocenters. The molecule has 2 rings (SSSR count). The van der Waals surface area contributed by atoms with Crippen molar-refractivity contribution in [3.05, 3.63) is 53.3 Å². The van der Waals surface area contributed by atoms with Crippen molar-refractivity contribution in [2.75, 3.05) is 6.54 Å². The van der Waals surface area contributed by atoms with E-state index in [1.807, 2.05) is 0 Å². The molecule has 1 aromatic heterocycles. The van der Waals surface area contributed by atoms with Gasteiger partial charge in [0.25, 0.3) is 0 Å². The van der Waals surface area contributed by atoms with Gasteiger partial charge < -0.3 is 0 Å². The molecule has 0 aliphatic heterocycles. The van der Waals surface area contributed by atoms with Gasteiger partial charge in [-0.2, -0.15) is 0 Å². The SMILES string of the molecule is NS(=O)(=O)c1ccc(CCCNS(=O)(=O)c2ccc(Cl)nc2)cc1. The van der Waals surface area contributed by atoms with Gasteiger partial charge in [-0.25, -0.2) is 31.7 Å². The highest BCUT2D eigenvalue weighted by atomic mass is 35.5. The van der Waals surface area contributed by atoms with Gasteiger partial charge in [-0.1, -0.05) is 23.7 Å². The predicted octanol–water partition coefficient (Wildman–Crippen LogP) is 1.29. The van der Waals surface area contributed by atoms with Gasteiger partial charge in [-0.15, -0.1) is 0 Å². The third-order valence-electron chi connectivity index (χ3n) is 3.20. The number of sulfonamides is 2. The number of aryl methyl sites for hydroxylation is 1. The summed E-state index contributed by atoms with van der Waals surface area (Å²) in [6.45, 7) is 0.238. The van der Waals surface area contributed by atoms with E-state index in [9.17, 15) is 16.8 Å². The first-order chi connectivity index (χ1) is 11.2. The van der Waals surface area contributed by atoms with Gasteiger partial charge in [-0.3, -0.25) is 0 Å². The Labute approximate surface area is 146 Å². The quantitative estimate of drug-likeness (QED) is 0.546. The largest absolute Gasteiger partial charge is 0.243 e. The van der Waals surface area contributed by atoms with Crippen molar-refractivity contribution in [3.8, 4) is 0 Å². The van der Waals surface area contributed by atoms with Crippen LogP contribution in [0.3, 0.4) is 0 Å². The van der Waals surface area contributed by atoms with Crippen molar-refractivity contribution in [1.82, 2.24) is 9.71 Å². The molecule has 0 atom stereocenters. The van der Waals surface area contributed by atoms with Crippen molar-refractivity contribution in [2.24, 2.45) is 5.14 Å². The topological polar surface area (TPSA) is 119 Å². The molecule has 0 bridgehead atoms. The van der Waals surface area contributed by atoms with Crippen LogP contribution in [0, 0.1) is 0 Å². The minimum atomic E-state index is -3.70. The van der Waals surface area contributed by atoms with E-state index < -0.39 is 20.0 Å². The third kappa shape index (κ3) is 5.25. The van der Waals surface area contributed by atoms with Gasteiger partial charge in [0.1, 0.15) is 10.0 Å². The molecule has 7 nitrogen and oxygen atoms in total. The van der Waals surface area contributed by atoms with Crippen LogP contribution in [0.5, 0.6) is 0 Å². The van der Waals surface area contributed by atoms with Crippen molar-refractivity contribution < 1.29 is 16.8 Å². The molecule has 1 heterocycles. The standard InChI is InChI=1S/C14H16ClN3O4S2/c15-14-8-7-13(10-17-14)24(21,22)18-9-1-2-11-3-5-12(6-4-11)23(16,19)20/h3-8,10,18H,1-2,9H2,(H2,16,19,20). The number of hydrogen-bond donors (Lipinski definition) is 2. The molecule has 0 aliphatic carbocycles. The van der Waals surface area contributed by atoms with Gasteiger partial charge in [0.2, 0.25) is 20.0 Å². The van der Waals surface area contributed by atoms with Gasteiger partial charge in [0.05, 0.1) is 4.90 Å². The normalized spacial score (nSPS) is 12.2. The molecule has 130 valence electrons. The summed E-state index contributed by atoms with van der Waals surface area (Å²) in [5.41, 5.74) is 0.884. The number of halogens is 1. The van der Waals surface area contributed by atoms with E-state index in [4.69, 9.17) is 16.7 Å². The van der Waals surface area contributed by atoms with Crippen molar-refractivity contribution >= 4 is 31.6 Å². The zero-order valence-electron chi connectivity index (χ0n) is 12.5. The van der Waals surface area contributed by atoms with Crippen LogP contribution in [0.4, 0.5) is 0 Å². The van der Waals surface area contributed by atoms with E-state index in [-0.39, 0.29) is 21.5 Å². The van der Waals surface area contributed by atoms with Crippen molar-refractivity contribution in [1.29, 1.82) is 0 Å². The average molecular weight is 390 g/mol. The summed E-state index contributed by atoms with van der Waals surface area (Å²) >= 11 is 5.62. The first-order valence-corrected chi connectivity index (χ1v) is 10.3. The van der Waals surface area contributed by atoms with Crippen LogP contribution in [-0.4, -0.2) is 28.4 Å². The van der Waals surface area contributed by atoms with E-state index in [0.29, 0.717) is 12.8 Å². The van der Waals surface area contributed by atoms with E-state index in [1.165, 1.54) is 30.5 Å². The Morgan fingerprint density at radius 2 is 1.62 bits per heavy atom. The predicted molar refractivity (Wildman–Crippen MR) is 90.6 cm³/mol. The van der Waals surface area contributed by atoms with Gasteiger partial charge in [0, 0.05) is 12.7 Å². The first kappa shape index (κ1) is 18.8. The highest BCUT2D eigenvalue weighted by Crippen LogP contribution is 2.12. The monoisotopic (exact) mass is 389 g/mol. The second kappa shape index (κ2) is 7.58. The summed E-state index contributed by atoms with van der Waals surface area (Å²) in [7, 11) is -7.33. The lowest BCUT2D eigenvalue weighted by Gasteiger charge is -2.07.